The fourth-order valence-corrected chi connectivity index (χ4v) is 10.1. The van der Waals surface area contributed by atoms with Crippen molar-refractivity contribution >= 4 is 71.3 Å². The predicted molar refractivity (Wildman–Crippen MR) is 256 cm³/mol. The smallest absolute Gasteiger partial charge is 0.0976 e. The first kappa shape index (κ1) is 35.2. The fraction of sp³-hybridized carbons (Fsp3) is 0.0526. The highest BCUT2D eigenvalue weighted by molar-refractivity contribution is 6.33. The lowest BCUT2D eigenvalue weighted by atomic mass is 9.67. The normalized spacial score (nSPS) is 17.2. The zero-order valence-electron chi connectivity index (χ0n) is 33.6. The molecular weight excluding hydrogens is 741 g/mol. The Bertz CT molecular complexity index is 3500. The number of fused-ring (bicyclic) bond motifs is 9. The van der Waals surface area contributed by atoms with Crippen LogP contribution in [0.5, 0.6) is 0 Å². The van der Waals surface area contributed by atoms with Gasteiger partial charge in [0.05, 0.1) is 45.2 Å². The average Bonchev–Trinajstić information content (AvgIpc) is 3.67. The molecule has 0 amide bonds. The first-order chi connectivity index (χ1) is 30.2. The predicted octanol–water partition coefficient (Wildman–Crippen LogP) is 14.8. The Kier molecular flexibility index (Phi) is 8.01. The maximum Gasteiger partial charge on any atom is 0.0976 e. The van der Waals surface area contributed by atoms with E-state index in [0.29, 0.717) is 0 Å². The van der Waals surface area contributed by atoms with Crippen LogP contribution in [0.15, 0.2) is 218 Å². The lowest BCUT2D eigenvalue weighted by Gasteiger charge is -2.42. The second-order valence-corrected chi connectivity index (χ2v) is 16.3. The molecule has 61 heavy (non-hydrogen) atoms. The van der Waals surface area contributed by atoms with Gasteiger partial charge < -0.3 is 9.88 Å². The molecule has 0 fully saturated rings. The summed E-state index contributed by atoms with van der Waals surface area (Å²) in [6.45, 7) is 2.40. The van der Waals surface area contributed by atoms with Gasteiger partial charge in [0.25, 0.3) is 0 Å². The summed E-state index contributed by atoms with van der Waals surface area (Å²) in [4.78, 5) is 10.7. The number of hydrogen-bond donors (Lipinski definition) is 1. The highest BCUT2D eigenvalue weighted by atomic mass is 15.1. The molecule has 0 bridgehead atoms. The Morgan fingerprint density at radius 1 is 0.541 bits per heavy atom. The molecule has 2 atom stereocenters. The van der Waals surface area contributed by atoms with Gasteiger partial charge in [-0.15, -0.1) is 0 Å². The van der Waals surface area contributed by atoms with Crippen LogP contribution < -0.4 is 5.32 Å². The van der Waals surface area contributed by atoms with Crippen LogP contribution in [-0.4, -0.2) is 14.5 Å². The van der Waals surface area contributed by atoms with Crippen LogP contribution in [0.2, 0.25) is 0 Å². The zero-order valence-corrected chi connectivity index (χ0v) is 33.6. The summed E-state index contributed by atoms with van der Waals surface area (Å²) in [5.74, 6) is 0. The molecule has 2 heterocycles. The Morgan fingerprint density at radius 3 is 1.92 bits per heavy atom. The van der Waals surface area contributed by atoms with Crippen LogP contribution in [0.4, 0.5) is 11.4 Å². The standard InChI is InChI=1S/C57H40N4/c1-57-36-18-17-29-45(57)44(54-53(39-22-7-3-8-23-39)59-46-30-15-16-31-47(46)60-54)33-35-49(57)61-48-34-32-37-19-11-12-26-41(37)51(48)52-43-28-14-13-27-42(43)50(38-20-5-2-6-21-38)55(56(52)61)58-40-24-9-4-10-25-40/h2-36,49,58H,1H3. The summed E-state index contributed by atoms with van der Waals surface area (Å²) in [6, 6.07) is 62.5. The second kappa shape index (κ2) is 13.9. The first-order valence-corrected chi connectivity index (χ1v) is 21.0. The van der Waals surface area contributed by atoms with E-state index >= 15 is 0 Å². The lowest BCUT2D eigenvalue weighted by Crippen LogP contribution is -2.32. The third-order valence-electron chi connectivity index (χ3n) is 12.9. The summed E-state index contributed by atoms with van der Waals surface area (Å²) < 4.78 is 2.64. The van der Waals surface area contributed by atoms with Crippen molar-refractivity contribution in [3.8, 4) is 22.4 Å². The number of nitrogens with one attached hydrogen (secondary N) is 1. The Morgan fingerprint density at radius 2 is 1.16 bits per heavy atom. The molecule has 2 aliphatic carbocycles. The molecule has 2 aliphatic rings. The number of rotatable bonds is 6. The van der Waals surface area contributed by atoms with E-state index in [9.17, 15) is 0 Å². The Labute approximate surface area is 354 Å². The van der Waals surface area contributed by atoms with Gasteiger partial charge in [-0.05, 0) is 69.9 Å². The summed E-state index contributed by atoms with van der Waals surface area (Å²) in [6.07, 6.45) is 13.8. The molecule has 0 saturated carbocycles. The van der Waals surface area contributed by atoms with Crippen LogP contribution in [0.25, 0.3) is 82.3 Å². The molecule has 1 N–H and O–H groups in total. The van der Waals surface area contributed by atoms with E-state index < -0.39 is 5.41 Å². The van der Waals surface area contributed by atoms with Crippen LogP contribution in [-0.2, 0) is 0 Å². The molecular formula is C57H40N4. The van der Waals surface area contributed by atoms with Crippen molar-refractivity contribution in [1.82, 2.24) is 14.5 Å². The number of benzene rings is 8. The number of anilines is 2. The highest BCUT2D eigenvalue weighted by Gasteiger charge is 2.42. The Hall–Kier alpha value is -7.82. The van der Waals surface area contributed by atoms with Crippen LogP contribution in [0.3, 0.4) is 0 Å². The molecule has 0 saturated heterocycles. The number of para-hydroxylation sites is 3. The first-order valence-electron chi connectivity index (χ1n) is 21.0. The second-order valence-electron chi connectivity index (χ2n) is 16.3. The van der Waals surface area contributed by atoms with Gasteiger partial charge in [-0.1, -0.05) is 182 Å². The molecule has 0 spiro atoms. The minimum atomic E-state index is -0.479. The molecule has 8 aromatic carbocycles. The summed E-state index contributed by atoms with van der Waals surface area (Å²) >= 11 is 0. The van der Waals surface area contributed by atoms with E-state index in [1.165, 1.54) is 54.5 Å². The zero-order chi connectivity index (χ0) is 40.5. The van der Waals surface area contributed by atoms with Crippen molar-refractivity contribution in [2.75, 3.05) is 5.32 Å². The third-order valence-corrected chi connectivity index (χ3v) is 12.9. The monoisotopic (exact) mass is 780 g/mol. The largest absolute Gasteiger partial charge is 0.353 e. The number of nitrogens with zero attached hydrogens (tertiary/aromatic N) is 3. The van der Waals surface area contributed by atoms with Gasteiger partial charge in [0, 0.05) is 38.6 Å². The van der Waals surface area contributed by atoms with Crippen LogP contribution in [0, 0.1) is 5.41 Å². The van der Waals surface area contributed by atoms with Crippen molar-refractivity contribution in [3.05, 3.63) is 224 Å². The molecule has 0 radical (unpaired) electrons. The van der Waals surface area contributed by atoms with Gasteiger partial charge in [-0.2, -0.15) is 0 Å². The van der Waals surface area contributed by atoms with E-state index in [0.717, 1.165) is 50.5 Å². The fourth-order valence-electron chi connectivity index (χ4n) is 10.1. The van der Waals surface area contributed by atoms with Crippen molar-refractivity contribution in [2.45, 2.75) is 13.0 Å². The average molecular weight is 781 g/mol. The summed E-state index contributed by atoms with van der Waals surface area (Å²) in [7, 11) is 0. The number of hydrogen-bond acceptors (Lipinski definition) is 3. The topological polar surface area (TPSA) is 42.7 Å². The Balaban J connectivity index is 1.21. The summed E-state index contributed by atoms with van der Waals surface area (Å²) in [5, 5.41) is 11.5. The van der Waals surface area contributed by atoms with E-state index in [2.05, 4.69) is 217 Å². The minimum Gasteiger partial charge on any atom is -0.353 e. The van der Waals surface area contributed by atoms with E-state index in [-0.39, 0.29) is 6.04 Å². The molecule has 0 aliphatic heterocycles. The number of allylic oxidation sites excluding steroid dienone is 8. The van der Waals surface area contributed by atoms with Crippen LogP contribution >= 0.6 is 0 Å². The maximum atomic E-state index is 5.41. The van der Waals surface area contributed by atoms with Gasteiger partial charge in [0.15, 0.2) is 0 Å². The molecule has 2 aromatic heterocycles. The van der Waals surface area contributed by atoms with Crippen molar-refractivity contribution < 1.29 is 0 Å². The quantitative estimate of drug-likeness (QED) is 0.183. The van der Waals surface area contributed by atoms with E-state index in [1.807, 2.05) is 12.1 Å². The van der Waals surface area contributed by atoms with Crippen LogP contribution in [0.1, 0.15) is 18.7 Å². The molecule has 2 unspecified atom stereocenters. The van der Waals surface area contributed by atoms with E-state index in [4.69, 9.17) is 9.97 Å². The van der Waals surface area contributed by atoms with Crippen molar-refractivity contribution in [2.24, 2.45) is 5.41 Å². The molecule has 4 nitrogen and oxygen atoms in total. The highest BCUT2D eigenvalue weighted by Crippen LogP contribution is 2.56. The third kappa shape index (κ3) is 5.46. The SMILES string of the molecule is CC12C=CC=CC1=C(c1nc3ccccc3nc1-c1ccccc1)C=CC2n1c2ccc3ccccc3c2c2c3ccccc3c(-c3ccccc3)c(Nc3ccccc3)c21. The van der Waals surface area contributed by atoms with E-state index in [1.54, 1.807) is 0 Å². The molecule has 12 rings (SSSR count). The molecule has 4 heteroatoms. The van der Waals surface area contributed by atoms with Crippen molar-refractivity contribution in [1.29, 1.82) is 0 Å². The molecule has 10 aromatic rings. The lowest BCUT2D eigenvalue weighted by molar-refractivity contribution is 0.380. The van der Waals surface area contributed by atoms with Gasteiger partial charge in [0.2, 0.25) is 0 Å². The van der Waals surface area contributed by atoms with Gasteiger partial charge >= 0.3 is 0 Å². The van der Waals surface area contributed by atoms with Gasteiger partial charge in [0.1, 0.15) is 0 Å². The van der Waals surface area contributed by atoms with Crippen molar-refractivity contribution in [3.63, 3.8) is 0 Å². The minimum absolute atomic E-state index is 0.122. The van der Waals surface area contributed by atoms with Gasteiger partial charge in [-0.3, -0.25) is 0 Å². The van der Waals surface area contributed by atoms with Gasteiger partial charge in [-0.25, -0.2) is 9.97 Å². The maximum absolute atomic E-state index is 5.41. The summed E-state index contributed by atoms with van der Waals surface area (Å²) in [5.41, 5.74) is 13.2. The molecule has 288 valence electrons. The number of aromatic nitrogens is 3.